The Bertz CT molecular complexity index is 1190. The Labute approximate surface area is 211 Å². The number of carboxylic acids is 1. The first-order valence-corrected chi connectivity index (χ1v) is 12.9. The van der Waals surface area contributed by atoms with E-state index in [9.17, 15) is 14.7 Å². The highest BCUT2D eigenvalue weighted by Gasteiger charge is 2.62. The summed E-state index contributed by atoms with van der Waals surface area (Å²) in [7, 11) is 1.77. The third kappa shape index (κ3) is 3.92. The maximum absolute atomic E-state index is 12.2. The Hall–Kier alpha value is -2.55. The van der Waals surface area contributed by atoms with Crippen molar-refractivity contribution >= 4 is 29.0 Å². The molecule has 5 rings (SSSR count). The van der Waals surface area contributed by atoms with Crippen molar-refractivity contribution in [2.45, 2.75) is 63.4 Å². The molecule has 4 aliphatic rings. The predicted molar refractivity (Wildman–Crippen MR) is 136 cm³/mol. The molecule has 0 saturated heterocycles. The molecule has 0 spiro atoms. The summed E-state index contributed by atoms with van der Waals surface area (Å²) in [5, 5.41) is 23.3. The lowest BCUT2D eigenvalue weighted by molar-refractivity contribution is -0.135. The third-order valence-electron chi connectivity index (χ3n) is 9.25. The van der Waals surface area contributed by atoms with Crippen molar-refractivity contribution < 1.29 is 19.8 Å². The number of rotatable bonds is 4. The number of likely N-dealkylation sites (N-methyl/N-ethyl adjacent to an activating group) is 1. The van der Waals surface area contributed by atoms with Crippen LogP contribution in [-0.4, -0.2) is 41.2 Å². The quantitative estimate of drug-likeness (QED) is 0.575. The molecule has 2 fully saturated rings. The van der Waals surface area contributed by atoms with E-state index in [-0.39, 0.29) is 18.2 Å². The Morgan fingerprint density at radius 3 is 2.63 bits per heavy atom. The van der Waals surface area contributed by atoms with Gasteiger partial charge in [-0.2, -0.15) is 0 Å². The minimum Gasteiger partial charge on any atom is -0.480 e. The molecule has 0 heterocycles. The van der Waals surface area contributed by atoms with E-state index in [1.165, 1.54) is 16.7 Å². The molecule has 5 nitrogen and oxygen atoms in total. The van der Waals surface area contributed by atoms with Crippen LogP contribution in [0.3, 0.4) is 0 Å². The fourth-order valence-electron chi connectivity index (χ4n) is 7.50. The second-order valence-electron chi connectivity index (χ2n) is 11.0. The first-order chi connectivity index (χ1) is 16.7. The van der Waals surface area contributed by atoms with Gasteiger partial charge in [0.25, 0.3) is 0 Å². The van der Waals surface area contributed by atoms with E-state index in [0.717, 1.165) is 43.4 Å². The van der Waals surface area contributed by atoms with Gasteiger partial charge >= 0.3 is 5.97 Å². The van der Waals surface area contributed by atoms with Gasteiger partial charge in [0.15, 0.2) is 5.78 Å². The number of hydrogen-bond donors (Lipinski definition) is 2. The Kier molecular flexibility index (Phi) is 6.10. The molecule has 1 aromatic rings. The van der Waals surface area contributed by atoms with E-state index in [1.54, 1.807) is 11.9 Å². The number of fused-ring (bicyclic) bond motifs is 4. The van der Waals surface area contributed by atoms with Crippen LogP contribution in [0.15, 0.2) is 47.1 Å². The molecule has 0 bridgehead atoms. The number of nitrogens with zero attached hydrogens (tertiary/aromatic N) is 1. The molecule has 184 valence electrons. The van der Waals surface area contributed by atoms with E-state index >= 15 is 0 Å². The number of halogens is 1. The molecule has 1 aromatic carbocycles. The highest BCUT2D eigenvalue weighted by molar-refractivity contribution is 6.30. The Balaban J connectivity index is 1.61. The summed E-state index contributed by atoms with van der Waals surface area (Å²) in [6, 6.07) is 8.16. The molecule has 2 unspecified atom stereocenters. The van der Waals surface area contributed by atoms with Crippen molar-refractivity contribution in [1.82, 2.24) is 0 Å². The van der Waals surface area contributed by atoms with Gasteiger partial charge in [0, 0.05) is 35.9 Å². The Morgan fingerprint density at radius 2 is 1.94 bits per heavy atom. The van der Waals surface area contributed by atoms with Gasteiger partial charge in [-0.15, -0.1) is 0 Å². The summed E-state index contributed by atoms with van der Waals surface area (Å²) >= 11 is 5.83. The van der Waals surface area contributed by atoms with Gasteiger partial charge in [-0.05, 0) is 96.9 Å². The number of hydrogen-bond acceptors (Lipinski definition) is 4. The zero-order chi connectivity index (χ0) is 25.0. The van der Waals surface area contributed by atoms with Gasteiger partial charge < -0.3 is 15.1 Å². The van der Waals surface area contributed by atoms with Crippen molar-refractivity contribution in [2.75, 3.05) is 18.5 Å². The van der Waals surface area contributed by atoms with Crippen LogP contribution in [0, 0.1) is 28.6 Å². The van der Waals surface area contributed by atoms with Crippen LogP contribution in [0.5, 0.6) is 0 Å². The monoisotopic (exact) mass is 493 g/mol. The Morgan fingerprint density at radius 1 is 1.20 bits per heavy atom. The average Bonchev–Trinajstić information content (AvgIpc) is 3.08. The van der Waals surface area contributed by atoms with Crippen LogP contribution in [0.4, 0.5) is 5.69 Å². The molecular weight excluding hydrogens is 462 g/mol. The standard InChI is InChI=1S/C29H32ClNO4/c1-28-16-24(18-3-6-20(7-4-18)31(2)17-26(33)34)27-22-10-8-21(32)15-19(22)5-9-23(27)25(28)11-12-29(28,35)13-14-30/h3-4,6-7,15,23-25,35H,5,8-12,16-17H2,1-2H3,(H,33,34)/t23?,24-,25?,28+,29-/m1/s1. The summed E-state index contributed by atoms with van der Waals surface area (Å²) < 4.78 is 0. The molecule has 35 heavy (non-hydrogen) atoms. The van der Waals surface area contributed by atoms with Crippen LogP contribution >= 0.6 is 11.6 Å². The summed E-state index contributed by atoms with van der Waals surface area (Å²) in [6.07, 6.45) is 7.42. The maximum Gasteiger partial charge on any atom is 0.323 e. The van der Waals surface area contributed by atoms with Crippen molar-refractivity contribution in [1.29, 1.82) is 0 Å². The summed E-state index contributed by atoms with van der Waals surface area (Å²) in [5.74, 6) is 3.10. The lowest BCUT2D eigenvalue weighted by Crippen LogP contribution is -2.51. The molecule has 2 saturated carbocycles. The van der Waals surface area contributed by atoms with Gasteiger partial charge in [0.1, 0.15) is 12.1 Å². The maximum atomic E-state index is 12.2. The minimum atomic E-state index is -1.12. The third-order valence-corrected chi connectivity index (χ3v) is 9.34. The van der Waals surface area contributed by atoms with Crippen molar-refractivity contribution in [3.63, 3.8) is 0 Å². The molecule has 0 aliphatic heterocycles. The number of anilines is 1. The molecule has 6 heteroatoms. The van der Waals surface area contributed by atoms with Crippen LogP contribution in [0.1, 0.15) is 63.4 Å². The van der Waals surface area contributed by atoms with E-state index in [4.69, 9.17) is 16.7 Å². The zero-order valence-electron chi connectivity index (χ0n) is 20.3. The van der Waals surface area contributed by atoms with Gasteiger partial charge in [-0.1, -0.05) is 30.6 Å². The topological polar surface area (TPSA) is 77.8 Å². The largest absolute Gasteiger partial charge is 0.480 e. The smallest absolute Gasteiger partial charge is 0.323 e. The van der Waals surface area contributed by atoms with E-state index in [0.29, 0.717) is 24.7 Å². The molecule has 4 aliphatic carbocycles. The summed E-state index contributed by atoms with van der Waals surface area (Å²) in [5.41, 5.74) is 4.52. The normalized spacial score (nSPS) is 33.7. The van der Waals surface area contributed by atoms with E-state index in [1.807, 2.05) is 18.2 Å². The number of carbonyl (C=O) groups excluding carboxylic acids is 1. The van der Waals surface area contributed by atoms with Gasteiger partial charge in [0.2, 0.25) is 0 Å². The van der Waals surface area contributed by atoms with Crippen molar-refractivity contribution in [3.05, 3.63) is 52.6 Å². The first-order valence-electron chi connectivity index (χ1n) is 12.5. The molecule has 5 atom stereocenters. The summed E-state index contributed by atoms with van der Waals surface area (Å²) in [4.78, 5) is 25.1. The SMILES string of the molecule is CN(CC(=O)O)c1ccc([C@H]2C[C@@]3(C)C(CC[C@@]3(O)C#CCl)C3CCC4=CC(=O)CCC4=C32)cc1. The lowest BCUT2D eigenvalue weighted by Gasteiger charge is -2.53. The van der Waals surface area contributed by atoms with Crippen LogP contribution in [0.25, 0.3) is 0 Å². The highest BCUT2D eigenvalue weighted by atomic mass is 35.5. The van der Waals surface area contributed by atoms with E-state index in [2.05, 4.69) is 30.4 Å². The lowest BCUT2D eigenvalue weighted by atomic mass is 9.51. The number of carbonyl (C=O) groups is 2. The van der Waals surface area contributed by atoms with Crippen LogP contribution in [-0.2, 0) is 9.59 Å². The van der Waals surface area contributed by atoms with E-state index < -0.39 is 17.0 Å². The fraction of sp³-hybridized carbons (Fsp3) is 0.517. The predicted octanol–water partition coefficient (Wildman–Crippen LogP) is 5.04. The molecule has 0 aromatic heterocycles. The van der Waals surface area contributed by atoms with Crippen molar-refractivity contribution in [2.24, 2.45) is 17.3 Å². The zero-order valence-corrected chi connectivity index (χ0v) is 21.1. The molecule has 0 radical (unpaired) electrons. The molecular formula is C29H32ClNO4. The second kappa shape index (κ2) is 8.84. The molecule has 2 N–H and O–H groups in total. The minimum absolute atomic E-state index is 0.0633. The van der Waals surface area contributed by atoms with Gasteiger partial charge in [-0.25, -0.2) is 0 Å². The number of allylic oxidation sites excluding steroid dienone is 4. The van der Waals surface area contributed by atoms with Crippen LogP contribution < -0.4 is 4.90 Å². The fourth-order valence-corrected chi connectivity index (χ4v) is 7.66. The van der Waals surface area contributed by atoms with Gasteiger partial charge in [0.05, 0.1) is 0 Å². The highest BCUT2D eigenvalue weighted by Crippen LogP contribution is 2.66. The second-order valence-corrected chi connectivity index (χ2v) is 11.1. The number of benzene rings is 1. The van der Waals surface area contributed by atoms with Crippen LogP contribution in [0.2, 0.25) is 0 Å². The van der Waals surface area contributed by atoms with Crippen molar-refractivity contribution in [3.8, 4) is 11.3 Å². The van der Waals surface area contributed by atoms with Gasteiger partial charge in [-0.3, -0.25) is 9.59 Å². The number of aliphatic hydroxyl groups is 1. The average molecular weight is 494 g/mol. The number of aliphatic carboxylic acids is 1. The molecule has 0 amide bonds. The number of ketones is 1. The number of carboxylic acid groups (broad SMARTS) is 1. The summed E-state index contributed by atoms with van der Waals surface area (Å²) in [6.45, 7) is 2.12. The first kappa shape index (κ1) is 24.2.